The average molecular weight is 261 g/mol. The highest BCUT2D eigenvalue weighted by atomic mass is 32.2. The van der Waals surface area contributed by atoms with Crippen molar-refractivity contribution in [3.8, 4) is 0 Å². The number of hydrogen-bond acceptors (Lipinski definition) is 4. The first kappa shape index (κ1) is 11.6. The van der Waals surface area contributed by atoms with Gasteiger partial charge in [0.1, 0.15) is 9.09 Å². The van der Waals surface area contributed by atoms with Crippen LogP contribution in [0.2, 0.25) is 0 Å². The minimum absolute atomic E-state index is 0.0964. The molecule has 1 aliphatic rings. The van der Waals surface area contributed by atoms with Crippen molar-refractivity contribution in [2.75, 3.05) is 13.1 Å². The molecule has 7 heteroatoms. The molecule has 0 bridgehead atoms. The molecule has 1 fully saturated rings. The van der Waals surface area contributed by atoms with E-state index in [2.05, 4.69) is 0 Å². The molecule has 88 valence electrons. The second-order valence-corrected chi connectivity index (χ2v) is 6.86. The Labute approximate surface area is 97.4 Å². The maximum absolute atomic E-state index is 11.9. The fourth-order valence-electron chi connectivity index (χ4n) is 1.45. The number of carbonyl (C=O) groups is 1. The van der Waals surface area contributed by atoms with Gasteiger partial charge in [-0.3, -0.25) is 0 Å². The van der Waals surface area contributed by atoms with E-state index in [1.54, 1.807) is 6.92 Å². The zero-order chi connectivity index (χ0) is 11.9. The number of hydrogen-bond donors (Lipinski definition) is 1. The Morgan fingerprint density at radius 1 is 1.50 bits per heavy atom. The molecule has 0 aromatic carbocycles. The minimum atomic E-state index is -3.45. The first-order chi connectivity index (χ1) is 7.43. The lowest BCUT2D eigenvalue weighted by molar-refractivity contribution is 0.0701. The molecule has 1 saturated heterocycles. The summed E-state index contributed by atoms with van der Waals surface area (Å²) in [5, 5.41) is 8.86. The number of aryl methyl sites for hydroxylation is 1. The summed E-state index contributed by atoms with van der Waals surface area (Å²) in [6.45, 7) is 2.67. The molecule has 1 aliphatic heterocycles. The number of carboxylic acid groups (broad SMARTS) is 1. The van der Waals surface area contributed by atoms with Crippen LogP contribution in [0.5, 0.6) is 0 Å². The van der Waals surface area contributed by atoms with Gasteiger partial charge in [0.2, 0.25) is 0 Å². The lowest BCUT2D eigenvalue weighted by Gasteiger charge is -2.28. The lowest BCUT2D eigenvalue weighted by Crippen LogP contribution is -2.41. The standard InChI is InChI=1S/C9H11NO4S2/c1-6-5-7(15-8(6)9(11)12)16(13,14)10-3-2-4-10/h5H,2-4H2,1H3,(H,11,12). The van der Waals surface area contributed by atoms with E-state index in [4.69, 9.17) is 5.11 Å². The molecule has 0 amide bonds. The third kappa shape index (κ3) is 1.74. The number of aromatic carboxylic acids is 1. The molecule has 1 aromatic rings. The molecule has 0 spiro atoms. The molecule has 0 atom stereocenters. The highest BCUT2D eigenvalue weighted by Gasteiger charge is 2.31. The van der Waals surface area contributed by atoms with Gasteiger partial charge in [-0.15, -0.1) is 11.3 Å². The first-order valence-corrected chi connectivity index (χ1v) is 7.02. The van der Waals surface area contributed by atoms with Crippen molar-refractivity contribution < 1.29 is 18.3 Å². The van der Waals surface area contributed by atoms with Crippen molar-refractivity contribution in [2.45, 2.75) is 17.6 Å². The van der Waals surface area contributed by atoms with Gasteiger partial charge in [-0.05, 0) is 25.0 Å². The zero-order valence-electron chi connectivity index (χ0n) is 8.63. The Bertz CT molecular complexity index is 528. The van der Waals surface area contributed by atoms with Gasteiger partial charge < -0.3 is 5.11 Å². The highest BCUT2D eigenvalue weighted by Crippen LogP contribution is 2.30. The molecule has 0 aliphatic carbocycles. The van der Waals surface area contributed by atoms with Crippen LogP contribution in [-0.2, 0) is 10.0 Å². The molecule has 0 saturated carbocycles. The molecular weight excluding hydrogens is 250 g/mol. The van der Waals surface area contributed by atoms with Crippen LogP contribution in [0, 0.1) is 6.92 Å². The zero-order valence-corrected chi connectivity index (χ0v) is 10.3. The topological polar surface area (TPSA) is 74.7 Å². The van der Waals surface area contributed by atoms with Crippen LogP contribution in [0.4, 0.5) is 0 Å². The predicted molar refractivity (Wildman–Crippen MR) is 59.4 cm³/mol. The maximum Gasteiger partial charge on any atom is 0.346 e. The summed E-state index contributed by atoms with van der Waals surface area (Å²) in [5.74, 6) is -1.08. The predicted octanol–water partition coefficient (Wildman–Crippen LogP) is 1.15. The number of rotatable bonds is 3. The van der Waals surface area contributed by atoms with E-state index in [0.29, 0.717) is 18.7 Å². The lowest BCUT2D eigenvalue weighted by atomic mass is 10.3. The Morgan fingerprint density at radius 2 is 2.12 bits per heavy atom. The van der Waals surface area contributed by atoms with Crippen LogP contribution in [-0.4, -0.2) is 36.9 Å². The Kier molecular flexibility index (Phi) is 2.77. The summed E-state index contributed by atoms with van der Waals surface area (Å²) in [5.41, 5.74) is 0.497. The first-order valence-electron chi connectivity index (χ1n) is 4.77. The van der Waals surface area contributed by atoms with Gasteiger partial charge in [0.05, 0.1) is 0 Å². The van der Waals surface area contributed by atoms with Crippen molar-refractivity contribution >= 4 is 27.3 Å². The van der Waals surface area contributed by atoms with Gasteiger partial charge in [0.25, 0.3) is 10.0 Å². The summed E-state index contributed by atoms with van der Waals surface area (Å²) >= 11 is 0.823. The summed E-state index contributed by atoms with van der Waals surface area (Å²) < 4.78 is 25.4. The van der Waals surface area contributed by atoms with Crippen LogP contribution in [0.3, 0.4) is 0 Å². The van der Waals surface area contributed by atoms with E-state index in [9.17, 15) is 13.2 Å². The fraction of sp³-hybridized carbons (Fsp3) is 0.444. The van der Waals surface area contributed by atoms with E-state index in [0.717, 1.165) is 17.8 Å². The normalized spacial score (nSPS) is 17.1. The van der Waals surface area contributed by atoms with E-state index >= 15 is 0 Å². The molecule has 5 nitrogen and oxygen atoms in total. The van der Waals surface area contributed by atoms with Crippen molar-refractivity contribution in [1.29, 1.82) is 0 Å². The Hall–Kier alpha value is -0.920. The second-order valence-electron chi connectivity index (χ2n) is 3.64. The van der Waals surface area contributed by atoms with E-state index in [-0.39, 0.29) is 9.09 Å². The van der Waals surface area contributed by atoms with Crippen LogP contribution >= 0.6 is 11.3 Å². The monoisotopic (exact) mass is 261 g/mol. The van der Waals surface area contributed by atoms with Crippen molar-refractivity contribution in [3.05, 3.63) is 16.5 Å². The Morgan fingerprint density at radius 3 is 2.50 bits per heavy atom. The summed E-state index contributed by atoms with van der Waals surface area (Å²) in [6, 6.07) is 1.43. The maximum atomic E-state index is 11.9. The van der Waals surface area contributed by atoms with Gasteiger partial charge in [-0.2, -0.15) is 4.31 Å². The number of nitrogens with zero attached hydrogens (tertiary/aromatic N) is 1. The highest BCUT2D eigenvalue weighted by molar-refractivity contribution is 7.91. The average Bonchev–Trinajstić information content (AvgIpc) is 2.43. The number of carboxylic acids is 1. The largest absolute Gasteiger partial charge is 0.477 e. The van der Waals surface area contributed by atoms with E-state index in [1.165, 1.54) is 10.4 Å². The third-order valence-electron chi connectivity index (χ3n) is 2.50. The van der Waals surface area contributed by atoms with Crippen LogP contribution in [0.25, 0.3) is 0 Å². The summed E-state index contributed by atoms with van der Waals surface area (Å²) in [7, 11) is -3.45. The molecular formula is C9H11NO4S2. The van der Waals surface area contributed by atoms with E-state index in [1.807, 2.05) is 0 Å². The molecule has 1 aromatic heterocycles. The second kappa shape index (κ2) is 3.83. The number of sulfonamides is 1. The van der Waals surface area contributed by atoms with Gasteiger partial charge in [-0.1, -0.05) is 0 Å². The fourth-order valence-corrected chi connectivity index (χ4v) is 4.50. The van der Waals surface area contributed by atoms with Gasteiger partial charge in [-0.25, -0.2) is 13.2 Å². The van der Waals surface area contributed by atoms with Gasteiger partial charge >= 0.3 is 5.97 Å². The molecule has 2 heterocycles. The van der Waals surface area contributed by atoms with Crippen LogP contribution < -0.4 is 0 Å². The van der Waals surface area contributed by atoms with Gasteiger partial charge in [0, 0.05) is 13.1 Å². The molecule has 16 heavy (non-hydrogen) atoms. The quantitative estimate of drug-likeness (QED) is 0.885. The SMILES string of the molecule is Cc1cc(S(=O)(=O)N2CCC2)sc1C(=O)O. The van der Waals surface area contributed by atoms with Crippen LogP contribution in [0.15, 0.2) is 10.3 Å². The molecule has 0 radical (unpaired) electrons. The van der Waals surface area contributed by atoms with E-state index < -0.39 is 16.0 Å². The minimum Gasteiger partial charge on any atom is -0.477 e. The van der Waals surface area contributed by atoms with Crippen molar-refractivity contribution in [3.63, 3.8) is 0 Å². The molecule has 1 N–H and O–H groups in total. The summed E-state index contributed by atoms with van der Waals surface area (Å²) in [6.07, 6.45) is 0.870. The number of thiophene rings is 1. The van der Waals surface area contributed by atoms with Crippen molar-refractivity contribution in [1.82, 2.24) is 4.31 Å². The molecule has 0 unspecified atom stereocenters. The van der Waals surface area contributed by atoms with Gasteiger partial charge in [0.15, 0.2) is 0 Å². The third-order valence-corrected chi connectivity index (χ3v) is 6.07. The summed E-state index contributed by atoms with van der Waals surface area (Å²) in [4.78, 5) is 10.9. The Balaban J connectivity index is 2.41. The molecule has 2 rings (SSSR count). The van der Waals surface area contributed by atoms with Crippen LogP contribution in [0.1, 0.15) is 21.7 Å². The van der Waals surface area contributed by atoms with Crippen molar-refractivity contribution in [2.24, 2.45) is 0 Å². The smallest absolute Gasteiger partial charge is 0.346 e.